The lowest BCUT2D eigenvalue weighted by molar-refractivity contribution is 0.432. The molecule has 3 heteroatoms. The van der Waals surface area contributed by atoms with Gasteiger partial charge in [0.1, 0.15) is 0 Å². The summed E-state index contributed by atoms with van der Waals surface area (Å²) in [7, 11) is 0. The van der Waals surface area contributed by atoms with Crippen LogP contribution in [0.3, 0.4) is 0 Å². The van der Waals surface area contributed by atoms with E-state index in [1.807, 2.05) is 6.33 Å². The van der Waals surface area contributed by atoms with Gasteiger partial charge in [-0.2, -0.15) is 0 Å². The summed E-state index contributed by atoms with van der Waals surface area (Å²) in [5.41, 5.74) is 1.43. The van der Waals surface area contributed by atoms with Gasteiger partial charge in [-0.3, -0.25) is 0 Å². The van der Waals surface area contributed by atoms with Gasteiger partial charge < -0.3 is 9.88 Å². The summed E-state index contributed by atoms with van der Waals surface area (Å²) in [4.78, 5) is 4.37. The van der Waals surface area contributed by atoms with Gasteiger partial charge in [0.2, 0.25) is 0 Å². The first kappa shape index (κ1) is 13.6. The summed E-state index contributed by atoms with van der Waals surface area (Å²) >= 11 is 0. The monoisotopic (exact) mass is 249 g/mol. The first-order valence-electron chi connectivity index (χ1n) is 7.41. The van der Waals surface area contributed by atoms with Crippen molar-refractivity contribution in [2.24, 2.45) is 5.92 Å². The van der Waals surface area contributed by atoms with Crippen LogP contribution in [0.2, 0.25) is 0 Å². The summed E-state index contributed by atoms with van der Waals surface area (Å²) in [6.45, 7) is 9.20. The Hall–Kier alpha value is -0.830. The summed E-state index contributed by atoms with van der Waals surface area (Å²) in [6, 6.07) is 0.585. The fraction of sp³-hybridized carbons (Fsp3) is 0.800. The van der Waals surface area contributed by atoms with Gasteiger partial charge in [0.15, 0.2) is 0 Å². The number of nitrogens with one attached hydrogen (secondary N) is 1. The molecular formula is C15H27N3. The highest BCUT2D eigenvalue weighted by Crippen LogP contribution is 2.26. The first-order valence-corrected chi connectivity index (χ1v) is 7.41. The molecule has 2 rings (SSSR count). The SMILES string of the molecule is CC(C)CCCC(C)n1cncc1C1CCNC1. The third kappa shape index (κ3) is 3.35. The molecule has 0 radical (unpaired) electrons. The lowest BCUT2D eigenvalue weighted by Crippen LogP contribution is -2.14. The Labute approximate surface area is 111 Å². The van der Waals surface area contributed by atoms with Crippen LogP contribution in [0.25, 0.3) is 0 Å². The molecule has 1 fully saturated rings. The van der Waals surface area contributed by atoms with Gasteiger partial charge in [-0.05, 0) is 32.2 Å². The highest BCUT2D eigenvalue weighted by Gasteiger charge is 2.21. The van der Waals surface area contributed by atoms with Crippen LogP contribution in [-0.2, 0) is 0 Å². The molecule has 0 aliphatic carbocycles. The molecule has 1 aliphatic rings. The predicted octanol–water partition coefficient (Wildman–Crippen LogP) is 3.35. The second-order valence-electron chi connectivity index (χ2n) is 6.09. The van der Waals surface area contributed by atoms with Crippen molar-refractivity contribution in [3.05, 3.63) is 18.2 Å². The van der Waals surface area contributed by atoms with E-state index in [1.54, 1.807) is 0 Å². The van der Waals surface area contributed by atoms with E-state index in [-0.39, 0.29) is 0 Å². The molecule has 1 aromatic heterocycles. The Morgan fingerprint density at radius 1 is 1.39 bits per heavy atom. The van der Waals surface area contributed by atoms with Crippen LogP contribution in [0, 0.1) is 5.92 Å². The van der Waals surface area contributed by atoms with Gasteiger partial charge in [-0.25, -0.2) is 4.98 Å². The van der Waals surface area contributed by atoms with E-state index >= 15 is 0 Å². The normalized spacial score (nSPS) is 21.7. The fourth-order valence-corrected chi connectivity index (χ4v) is 2.87. The molecule has 2 atom stereocenters. The average Bonchev–Trinajstić information content (AvgIpc) is 2.99. The van der Waals surface area contributed by atoms with Crippen LogP contribution in [0.5, 0.6) is 0 Å². The van der Waals surface area contributed by atoms with Gasteiger partial charge in [-0.15, -0.1) is 0 Å². The quantitative estimate of drug-likeness (QED) is 0.838. The number of rotatable bonds is 6. The van der Waals surface area contributed by atoms with Gasteiger partial charge in [0, 0.05) is 30.4 Å². The van der Waals surface area contributed by atoms with E-state index in [9.17, 15) is 0 Å². The smallest absolute Gasteiger partial charge is 0.0950 e. The van der Waals surface area contributed by atoms with E-state index < -0.39 is 0 Å². The molecule has 102 valence electrons. The average molecular weight is 249 g/mol. The van der Waals surface area contributed by atoms with Gasteiger partial charge in [0.25, 0.3) is 0 Å². The predicted molar refractivity (Wildman–Crippen MR) is 75.9 cm³/mol. The summed E-state index contributed by atoms with van der Waals surface area (Å²) in [6.07, 6.45) is 9.26. The summed E-state index contributed by atoms with van der Waals surface area (Å²) < 4.78 is 2.40. The topological polar surface area (TPSA) is 29.9 Å². The largest absolute Gasteiger partial charge is 0.332 e. The zero-order valence-electron chi connectivity index (χ0n) is 12.0. The molecule has 2 heterocycles. The third-order valence-corrected chi connectivity index (χ3v) is 4.05. The van der Waals surface area contributed by atoms with E-state index in [4.69, 9.17) is 0 Å². The fourth-order valence-electron chi connectivity index (χ4n) is 2.87. The summed E-state index contributed by atoms with van der Waals surface area (Å²) in [5.74, 6) is 1.48. The van der Waals surface area contributed by atoms with E-state index in [2.05, 4.69) is 41.8 Å². The van der Waals surface area contributed by atoms with Crippen molar-refractivity contribution in [1.82, 2.24) is 14.9 Å². The maximum Gasteiger partial charge on any atom is 0.0950 e. The molecule has 3 nitrogen and oxygen atoms in total. The molecule has 18 heavy (non-hydrogen) atoms. The lowest BCUT2D eigenvalue weighted by atomic mass is 10.0. The third-order valence-electron chi connectivity index (χ3n) is 4.05. The molecule has 2 unspecified atom stereocenters. The highest BCUT2D eigenvalue weighted by molar-refractivity contribution is 5.10. The van der Waals surface area contributed by atoms with Gasteiger partial charge in [0.05, 0.1) is 6.33 Å². The maximum absolute atomic E-state index is 4.37. The Morgan fingerprint density at radius 2 is 2.22 bits per heavy atom. The molecule has 1 N–H and O–H groups in total. The Bertz CT molecular complexity index is 350. The number of hydrogen-bond donors (Lipinski definition) is 1. The van der Waals surface area contributed by atoms with Crippen LogP contribution in [0.1, 0.15) is 64.1 Å². The molecule has 0 saturated carbocycles. The molecular weight excluding hydrogens is 222 g/mol. The number of nitrogens with zero attached hydrogens (tertiary/aromatic N) is 2. The van der Waals surface area contributed by atoms with Crippen molar-refractivity contribution >= 4 is 0 Å². The van der Waals surface area contributed by atoms with E-state index in [1.165, 1.54) is 31.4 Å². The minimum Gasteiger partial charge on any atom is -0.332 e. The van der Waals surface area contributed by atoms with E-state index in [0.29, 0.717) is 12.0 Å². The molecule has 1 aliphatic heterocycles. The van der Waals surface area contributed by atoms with Crippen molar-refractivity contribution in [3.8, 4) is 0 Å². The van der Waals surface area contributed by atoms with Crippen LogP contribution in [-0.4, -0.2) is 22.6 Å². The molecule has 0 aromatic carbocycles. The Kier molecular flexibility index (Phi) is 4.81. The van der Waals surface area contributed by atoms with Crippen molar-refractivity contribution in [3.63, 3.8) is 0 Å². The minimum absolute atomic E-state index is 0.585. The molecule has 0 bridgehead atoms. The van der Waals surface area contributed by atoms with Crippen LogP contribution < -0.4 is 5.32 Å². The maximum atomic E-state index is 4.37. The first-order chi connectivity index (χ1) is 8.68. The zero-order chi connectivity index (χ0) is 13.0. The zero-order valence-corrected chi connectivity index (χ0v) is 12.0. The number of imidazole rings is 1. The molecule has 0 spiro atoms. The summed E-state index contributed by atoms with van der Waals surface area (Å²) in [5, 5.41) is 3.44. The lowest BCUT2D eigenvalue weighted by Gasteiger charge is -2.19. The number of aromatic nitrogens is 2. The molecule has 1 saturated heterocycles. The van der Waals surface area contributed by atoms with Crippen molar-refractivity contribution in [2.45, 2.75) is 58.4 Å². The van der Waals surface area contributed by atoms with Crippen LogP contribution >= 0.6 is 0 Å². The minimum atomic E-state index is 0.585. The van der Waals surface area contributed by atoms with Crippen molar-refractivity contribution in [1.29, 1.82) is 0 Å². The van der Waals surface area contributed by atoms with E-state index in [0.717, 1.165) is 19.0 Å². The van der Waals surface area contributed by atoms with Crippen LogP contribution in [0.4, 0.5) is 0 Å². The Morgan fingerprint density at radius 3 is 2.89 bits per heavy atom. The standard InChI is InChI=1S/C15H27N3/c1-12(2)5-4-6-13(3)18-11-17-10-15(18)14-7-8-16-9-14/h10-14,16H,4-9H2,1-3H3. The molecule has 1 aromatic rings. The highest BCUT2D eigenvalue weighted by atomic mass is 15.1. The van der Waals surface area contributed by atoms with Crippen molar-refractivity contribution in [2.75, 3.05) is 13.1 Å². The Balaban J connectivity index is 1.93. The second-order valence-corrected chi connectivity index (χ2v) is 6.09. The van der Waals surface area contributed by atoms with Crippen molar-refractivity contribution < 1.29 is 0 Å². The van der Waals surface area contributed by atoms with Gasteiger partial charge in [-0.1, -0.05) is 26.7 Å². The van der Waals surface area contributed by atoms with Crippen LogP contribution in [0.15, 0.2) is 12.5 Å². The van der Waals surface area contributed by atoms with Gasteiger partial charge >= 0.3 is 0 Å². The second kappa shape index (κ2) is 6.37. The molecule has 0 amide bonds. The number of hydrogen-bond acceptors (Lipinski definition) is 2.